The molecule has 2 aromatic heterocycles. The van der Waals surface area contributed by atoms with Crippen LogP contribution in [0.2, 0.25) is 0 Å². The van der Waals surface area contributed by atoms with Crippen molar-refractivity contribution in [3.8, 4) is 0 Å². The maximum atomic E-state index is 12.1. The van der Waals surface area contributed by atoms with Crippen LogP contribution in [0.3, 0.4) is 0 Å². The Morgan fingerprint density at radius 3 is 2.83 bits per heavy atom. The minimum atomic E-state index is -4.91. The number of carbonyl (C=O) groups is 1. The van der Waals surface area contributed by atoms with Crippen molar-refractivity contribution in [1.29, 1.82) is 0 Å². The number of hydrogen-bond acceptors (Lipinski definition) is 4. The van der Waals surface area contributed by atoms with Crippen LogP contribution < -0.4 is 0 Å². The number of Topliss-reactive ketones (excluding diaryl/α,β-unsaturated/α-hetero) is 1. The van der Waals surface area contributed by atoms with E-state index in [-0.39, 0.29) is 0 Å². The maximum absolute atomic E-state index is 12.1. The molecular weight excluding hydrogens is 267 g/mol. The summed E-state index contributed by atoms with van der Waals surface area (Å²) in [5, 5.41) is 10.6. The van der Waals surface area contributed by atoms with Crippen molar-refractivity contribution in [2.24, 2.45) is 0 Å². The van der Waals surface area contributed by atoms with E-state index >= 15 is 0 Å². The normalized spacial score (nSPS) is 11.7. The Hall–Kier alpha value is -1.70. The van der Waals surface area contributed by atoms with Crippen molar-refractivity contribution in [3.63, 3.8) is 0 Å². The monoisotopic (exact) mass is 275 g/mol. The van der Waals surface area contributed by atoms with E-state index in [4.69, 9.17) is 0 Å². The molecule has 18 heavy (non-hydrogen) atoms. The molecule has 0 amide bonds. The fraction of sp³-hybridized carbons (Fsp3) is 0.300. The topological polar surface area (TPSA) is 47.8 Å². The summed E-state index contributed by atoms with van der Waals surface area (Å²) in [5.74, 6) is -1.97. The molecule has 2 aromatic rings. The molecule has 0 fully saturated rings. The van der Waals surface area contributed by atoms with Gasteiger partial charge in [-0.25, -0.2) is 0 Å². The van der Waals surface area contributed by atoms with Crippen LogP contribution >= 0.6 is 11.3 Å². The first-order valence-corrected chi connectivity index (χ1v) is 5.94. The summed E-state index contributed by atoms with van der Waals surface area (Å²) in [6, 6.07) is 1.92. The van der Waals surface area contributed by atoms with Crippen molar-refractivity contribution in [3.05, 3.63) is 34.3 Å². The number of rotatable bonds is 4. The molecule has 2 heterocycles. The first-order valence-electron chi connectivity index (χ1n) is 4.99. The molecule has 0 atom stereocenters. The van der Waals surface area contributed by atoms with E-state index in [9.17, 15) is 18.0 Å². The zero-order chi connectivity index (χ0) is 13.2. The highest BCUT2D eigenvalue weighted by atomic mass is 32.1. The average Bonchev–Trinajstić information content (AvgIpc) is 2.95. The molecule has 0 aliphatic heterocycles. The highest BCUT2D eigenvalue weighted by molar-refractivity contribution is 7.07. The first kappa shape index (κ1) is 12.7. The van der Waals surface area contributed by atoms with Crippen LogP contribution in [0.4, 0.5) is 13.2 Å². The van der Waals surface area contributed by atoms with E-state index in [2.05, 4.69) is 10.3 Å². The summed E-state index contributed by atoms with van der Waals surface area (Å²) < 4.78 is 37.6. The molecule has 2 rings (SSSR count). The predicted octanol–water partition coefficient (Wildman–Crippen LogP) is 2.33. The van der Waals surface area contributed by atoms with Gasteiger partial charge in [-0.3, -0.25) is 9.48 Å². The van der Waals surface area contributed by atoms with Gasteiger partial charge in [-0.05, 0) is 28.8 Å². The largest absolute Gasteiger partial charge is 0.456 e. The lowest BCUT2D eigenvalue weighted by Gasteiger charge is -2.00. The summed E-state index contributed by atoms with van der Waals surface area (Å²) in [4.78, 5) is 10.9. The van der Waals surface area contributed by atoms with Crippen molar-refractivity contribution in [2.75, 3.05) is 0 Å². The van der Waals surface area contributed by atoms with E-state index in [1.54, 1.807) is 11.3 Å². The quantitative estimate of drug-likeness (QED) is 0.805. The Balaban J connectivity index is 2.00. The molecule has 0 saturated carbocycles. The second-order valence-corrected chi connectivity index (χ2v) is 4.36. The molecule has 0 radical (unpaired) electrons. The zero-order valence-electron chi connectivity index (χ0n) is 9.02. The van der Waals surface area contributed by atoms with Gasteiger partial charge in [-0.15, -0.1) is 5.10 Å². The van der Waals surface area contributed by atoms with Gasteiger partial charge in [0, 0.05) is 6.54 Å². The third-order valence-electron chi connectivity index (χ3n) is 2.24. The number of thiophene rings is 1. The van der Waals surface area contributed by atoms with E-state index in [0.29, 0.717) is 13.0 Å². The third kappa shape index (κ3) is 2.95. The van der Waals surface area contributed by atoms with E-state index in [1.807, 2.05) is 16.8 Å². The minimum Gasteiger partial charge on any atom is -0.282 e. The van der Waals surface area contributed by atoms with E-state index in [0.717, 1.165) is 11.8 Å². The Morgan fingerprint density at radius 2 is 2.22 bits per heavy atom. The Morgan fingerprint density at radius 1 is 1.44 bits per heavy atom. The molecule has 0 aromatic carbocycles. The number of nitrogens with zero attached hydrogens (tertiary/aromatic N) is 3. The second-order valence-electron chi connectivity index (χ2n) is 3.58. The van der Waals surface area contributed by atoms with Gasteiger partial charge in [0.15, 0.2) is 5.69 Å². The molecule has 0 spiro atoms. The Labute approximate surface area is 104 Å². The number of alkyl halides is 3. The summed E-state index contributed by atoms with van der Waals surface area (Å²) in [5.41, 5.74) is 0.395. The fourth-order valence-electron chi connectivity index (χ4n) is 1.34. The lowest BCUT2D eigenvalue weighted by atomic mass is 10.2. The van der Waals surface area contributed by atoms with Gasteiger partial charge in [0.1, 0.15) is 0 Å². The van der Waals surface area contributed by atoms with Gasteiger partial charge in [-0.1, -0.05) is 5.21 Å². The summed E-state index contributed by atoms with van der Waals surface area (Å²) >= 11 is 1.54. The SMILES string of the molecule is O=C(c1cn(CCc2ccsc2)nn1)C(F)(F)F. The van der Waals surface area contributed by atoms with Crippen LogP contribution in [0.25, 0.3) is 0 Å². The van der Waals surface area contributed by atoms with Crippen molar-refractivity contribution in [1.82, 2.24) is 15.0 Å². The van der Waals surface area contributed by atoms with Gasteiger partial charge < -0.3 is 0 Å². The standard InChI is InChI=1S/C10H8F3N3OS/c11-10(12,13)9(17)8-5-16(15-14-8)3-1-7-2-4-18-6-7/h2,4-6H,1,3H2. The molecule has 96 valence electrons. The second kappa shape index (κ2) is 4.89. The molecule has 0 saturated heterocycles. The number of aromatic nitrogens is 3. The summed E-state index contributed by atoms with van der Waals surface area (Å²) in [6.45, 7) is 0.384. The molecule has 0 unspecified atom stereocenters. The zero-order valence-corrected chi connectivity index (χ0v) is 9.83. The highest BCUT2D eigenvalue weighted by Crippen LogP contribution is 2.19. The highest BCUT2D eigenvalue weighted by Gasteiger charge is 2.41. The molecule has 8 heteroatoms. The van der Waals surface area contributed by atoms with E-state index < -0.39 is 17.7 Å². The molecule has 0 aliphatic carbocycles. The van der Waals surface area contributed by atoms with Crippen LogP contribution in [0.1, 0.15) is 16.1 Å². The van der Waals surface area contributed by atoms with Gasteiger partial charge in [0.2, 0.25) is 0 Å². The van der Waals surface area contributed by atoms with Crippen LogP contribution in [-0.4, -0.2) is 27.0 Å². The van der Waals surface area contributed by atoms with Gasteiger partial charge in [0.05, 0.1) is 6.20 Å². The van der Waals surface area contributed by atoms with Crippen LogP contribution in [0, 0.1) is 0 Å². The lowest BCUT2D eigenvalue weighted by molar-refractivity contribution is -0.0888. The van der Waals surface area contributed by atoms with Gasteiger partial charge >= 0.3 is 6.18 Å². The number of carbonyl (C=O) groups excluding carboxylic acids is 1. The van der Waals surface area contributed by atoms with Crippen LogP contribution in [-0.2, 0) is 13.0 Å². The number of halogens is 3. The summed E-state index contributed by atoms with van der Waals surface area (Å²) in [6.07, 6.45) is -3.26. The predicted molar refractivity (Wildman–Crippen MR) is 58.4 cm³/mol. The lowest BCUT2D eigenvalue weighted by Crippen LogP contribution is -2.23. The number of ketones is 1. The van der Waals surface area contributed by atoms with Gasteiger partial charge in [0.25, 0.3) is 5.78 Å². The third-order valence-corrected chi connectivity index (χ3v) is 2.97. The first-order chi connectivity index (χ1) is 8.47. The molecule has 4 nitrogen and oxygen atoms in total. The van der Waals surface area contributed by atoms with Crippen LogP contribution in [0.5, 0.6) is 0 Å². The average molecular weight is 275 g/mol. The van der Waals surface area contributed by atoms with Crippen molar-refractivity contribution < 1.29 is 18.0 Å². The molecular formula is C10H8F3N3OS. The van der Waals surface area contributed by atoms with Crippen LogP contribution in [0.15, 0.2) is 23.0 Å². The number of aryl methyl sites for hydroxylation is 2. The summed E-state index contributed by atoms with van der Waals surface area (Å²) in [7, 11) is 0. The maximum Gasteiger partial charge on any atom is 0.456 e. The van der Waals surface area contributed by atoms with Crippen molar-refractivity contribution >= 4 is 17.1 Å². The number of hydrogen-bond donors (Lipinski definition) is 0. The van der Waals surface area contributed by atoms with Gasteiger partial charge in [-0.2, -0.15) is 24.5 Å². The van der Waals surface area contributed by atoms with E-state index in [1.165, 1.54) is 4.68 Å². The van der Waals surface area contributed by atoms with Crippen molar-refractivity contribution in [2.45, 2.75) is 19.1 Å². The fourth-order valence-corrected chi connectivity index (χ4v) is 2.04. The Bertz CT molecular complexity index is 533. The Kier molecular flexibility index (Phi) is 3.46. The molecule has 0 bridgehead atoms. The smallest absolute Gasteiger partial charge is 0.282 e. The minimum absolute atomic E-state index is 0.384. The molecule has 0 aliphatic rings. The molecule has 0 N–H and O–H groups in total.